The number of carbonyl (C=O) groups excluding carboxylic acids is 1. The van der Waals surface area contributed by atoms with Gasteiger partial charge in [0.25, 0.3) is 0 Å². The van der Waals surface area contributed by atoms with Crippen LogP contribution in [0.25, 0.3) is 31.8 Å². The molecule has 0 saturated heterocycles. The number of anilines is 1. The number of carbonyl (C=O) groups is 1. The van der Waals surface area contributed by atoms with E-state index in [-0.39, 0.29) is 6.61 Å². The van der Waals surface area contributed by atoms with Gasteiger partial charge in [-0.1, -0.05) is 0 Å². The maximum atomic E-state index is 12.3. The van der Waals surface area contributed by atoms with Crippen molar-refractivity contribution in [3.63, 3.8) is 0 Å². The van der Waals surface area contributed by atoms with Crippen LogP contribution in [0.2, 0.25) is 0 Å². The Labute approximate surface area is 216 Å². The van der Waals surface area contributed by atoms with Gasteiger partial charge >= 0.3 is 6.09 Å². The summed E-state index contributed by atoms with van der Waals surface area (Å²) in [6.45, 7) is 4.06. The molecule has 4 heterocycles. The molecule has 9 nitrogen and oxygen atoms in total. The summed E-state index contributed by atoms with van der Waals surface area (Å²) in [7, 11) is 1.58. The van der Waals surface area contributed by atoms with Crippen molar-refractivity contribution in [3.8, 4) is 22.2 Å². The van der Waals surface area contributed by atoms with Crippen LogP contribution in [0, 0.1) is 6.92 Å². The van der Waals surface area contributed by atoms with Crippen molar-refractivity contribution in [1.29, 1.82) is 0 Å². The van der Waals surface area contributed by atoms with Gasteiger partial charge in [0, 0.05) is 23.7 Å². The number of ether oxygens (including phenoxy) is 3. The van der Waals surface area contributed by atoms with E-state index >= 15 is 0 Å². The fourth-order valence-corrected chi connectivity index (χ4v) is 5.60. The quantitative estimate of drug-likeness (QED) is 0.325. The number of nitrogens with zero attached hydrogens (tertiary/aromatic N) is 4. The van der Waals surface area contributed by atoms with Gasteiger partial charge in [0.2, 0.25) is 5.88 Å². The van der Waals surface area contributed by atoms with Crippen molar-refractivity contribution in [1.82, 2.24) is 19.9 Å². The first-order valence-electron chi connectivity index (χ1n) is 11.7. The molecule has 0 saturated carbocycles. The molecule has 2 aromatic carbocycles. The minimum atomic E-state index is -0.689. The van der Waals surface area contributed by atoms with Crippen molar-refractivity contribution < 1.29 is 19.0 Å². The summed E-state index contributed by atoms with van der Waals surface area (Å²) < 4.78 is 18.0. The molecule has 5 aromatic rings. The molecule has 0 fully saturated rings. The second-order valence-corrected chi connectivity index (χ2v) is 10.2. The average molecular weight is 514 g/mol. The monoisotopic (exact) mass is 513 g/mol. The Morgan fingerprint density at radius 1 is 1.19 bits per heavy atom. The number of rotatable bonds is 5. The largest absolute Gasteiger partial charge is 0.483 e. The van der Waals surface area contributed by atoms with E-state index in [9.17, 15) is 4.79 Å². The number of fused-ring (bicyclic) bond motifs is 4. The summed E-state index contributed by atoms with van der Waals surface area (Å²) in [4.78, 5) is 30.4. The van der Waals surface area contributed by atoms with Crippen molar-refractivity contribution >= 4 is 44.4 Å². The zero-order valence-corrected chi connectivity index (χ0v) is 21.3. The van der Waals surface area contributed by atoms with Crippen LogP contribution in [0.4, 0.5) is 10.5 Å². The highest BCUT2D eigenvalue weighted by molar-refractivity contribution is 7.22. The predicted molar refractivity (Wildman–Crippen MR) is 141 cm³/mol. The van der Waals surface area contributed by atoms with Crippen LogP contribution < -0.4 is 14.8 Å². The normalized spacial score (nSPS) is 16.4. The number of benzene rings is 2. The van der Waals surface area contributed by atoms with Crippen molar-refractivity contribution in [2.45, 2.75) is 25.9 Å². The molecule has 0 bridgehead atoms. The molecule has 186 valence electrons. The fraction of sp³-hybridized carbons (Fsp3) is 0.222. The molecule has 6 rings (SSSR count). The van der Waals surface area contributed by atoms with E-state index in [1.165, 1.54) is 0 Å². The molecule has 37 heavy (non-hydrogen) atoms. The summed E-state index contributed by atoms with van der Waals surface area (Å²) in [6.07, 6.45) is 4.85. The van der Waals surface area contributed by atoms with Crippen LogP contribution in [-0.2, 0) is 11.2 Å². The predicted octanol–water partition coefficient (Wildman–Crippen LogP) is 5.56. The number of nitrogens with one attached hydrogen (secondary N) is 1. The zero-order chi connectivity index (χ0) is 25.6. The van der Waals surface area contributed by atoms with E-state index in [2.05, 4.69) is 26.3 Å². The Morgan fingerprint density at radius 2 is 2.08 bits per heavy atom. The molecule has 1 atom stereocenters. The van der Waals surface area contributed by atoms with Crippen LogP contribution >= 0.6 is 11.3 Å². The molecule has 1 amide bonds. The van der Waals surface area contributed by atoms with Gasteiger partial charge in [0.1, 0.15) is 23.0 Å². The third kappa shape index (κ3) is 4.40. The van der Waals surface area contributed by atoms with Gasteiger partial charge in [0.15, 0.2) is 0 Å². The number of amides is 1. The lowest BCUT2D eigenvalue weighted by Crippen LogP contribution is -2.37. The standard InChI is InChI=1S/C27H23N5O4S/c1-15-9-17(23-20(10-15)31-22(34-3)13-29-23)25-32-19-6-7-21-18(24(19)37-25)11-27(2,36-21)14-35-26(33)30-16-5-4-8-28-12-16/h4-10,12-13H,11,14H2,1-3H3,(H,30,33). The smallest absolute Gasteiger partial charge is 0.411 e. The summed E-state index contributed by atoms with van der Waals surface area (Å²) >= 11 is 1.60. The molecule has 1 unspecified atom stereocenters. The van der Waals surface area contributed by atoms with Gasteiger partial charge in [-0.15, -0.1) is 11.3 Å². The van der Waals surface area contributed by atoms with Gasteiger partial charge in [0.05, 0.1) is 46.4 Å². The molecule has 0 radical (unpaired) electrons. The van der Waals surface area contributed by atoms with Crippen LogP contribution in [-0.4, -0.2) is 45.3 Å². The molecule has 10 heteroatoms. The first kappa shape index (κ1) is 23.1. The Balaban J connectivity index is 1.27. The topological polar surface area (TPSA) is 108 Å². The molecule has 1 N–H and O–H groups in total. The van der Waals surface area contributed by atoms with Gasteiger partial charge in [-0.2, -0.15) is 0 Å². The number of methoxy groups -OCH3 is 1. The lowest BCUT2D eigenvalue weighted by atomic mass is 10.00. The minimum Gasteiger partial charge on any atom is -0.483 e. The SMILES string of the molecule is COc1cnc2c(-c3nc4ccc5c(c4s3)CC(C)(COC(=O)Nc3cccnc3)O5)cc(C)cc2n1. The zero-order valence-electron chi connectivity index (χ0n) is 20.4. The van der Waals surface area contributed by atoms with E-state index < -0.39 is 11.7 Å². The van der Waals surface area contributed by atoms with E-state index in [1.807, 2.05) is 32.0 Å². The van der Waals surface area contributed by atoms with Crippen LogP contribution in [0.3, 0.4) is 0 Å². The average Bonchev–Trinajstić information content (AvgIpc) is 3.48. The number of pyridine rings is 1. The lowest BCUT2D eigenvalue weighted by Gasteiger charge is -2.23. The van der Waals surface area contributed by atoms with Crippen molar-refractivity contribution in [2.24, 2.45) is 0 Å². The van der Waals surface area contributed by atoms with E-state index in [0.717, 1.165) is 48.7 Å². The molecule has 0 spiro atoms. The molecule has 3 aromatic heterocycles. The number of thiazole rings is 1. The van der Waals surface area contributed by atoms with E-state index in [0.29, 0.717) is 18.0 Å². The van der Waals surface area contributed by atoms with Gasteiger partial charge in [-0.3, -0.25) is 10.3 Å². The van der Waals surface area contributed by atoms with Crippen LogP contribution in [0.5, 0.6) is 11.6 Å². The maximum absolute atomic E-state index is 12.3. The fourth-order valence-electron chi connectivity index (χ4n) is 4.48. The molecular formula is C27H23N5O4S. The number of hydrogen-bond acceptors (Lipinski definition) is 9. The first-order valence-corrected chi connectivity index (χ1v) is 12.5. The van der Waals surface area contributed by atoms with E-state index in [4.69, 9.17) is 19.2 Å². The van der Waals surface area contributed by atoms with Crippen LogP contribution in [0.15, 0.2) is 55.0 Å². The van der Waals surface area contributed by atoms with E-state index in [1.54, 1.807) is 49.2 Å². The second-order valence-electron chi connectivity index (χ2n) is 9.17. The summed E-state index contributed by atoms with van der Waals surface area (Å²) in [5.74, 6) is 1.25. The highest BCUT2D eigenvalue weighted by atomic mass is 32.1. The maximum Gasteiger partial charge on any atom is 0.411 e. The summed E-state index contributed by atoms with van der Waals surface area (Å²) in [5, 5.41) is 3.53. The van der Waals surface area contributed by atoms with Crippen molar-refractivity contribution in [2.75, 3.05) is 19.0 Å². The first-order chi connectivity index (χ1) is 17.9. The highest BCUT2D eigenvalue weighted by Crippen LogP contribution is 2.44. The second kappa shape index (κ2) is 8.97. The van der Waals surface area contributed by atoms with Crippen LogP contribution in [0.1, 0.15) is 18.1 Å². The molecule has 1 aliphatic rings. The molecule has 1 aliphatic heterocycles. The Morgan fingerprint density at radius 3 is 2.89 bits per heavy atom. The molecular weight excluding hydrogens is 490 g/mol. The Kier molecular flexibility index (Phi) is 5.60. The Hall–Kier alpha value is -4.31. The number of aryl methyl sites for hydroxylation is 1. The highest BCUT2D eigenvalue weighted by Gasteiger charge is 2.38. The van der Waals surface area contributed by atoms with Gasteiger partial charge < -0.3 is 14.2 Å². The lowest BCUT2D eigenvalue weighted by molar-refractivity contribution is 0.0336. The summed E-state index contributed by atoms with van der Waals surface area (Å²) in [6, 6.07) is 11.4. The van der Waals surface area contributed by atoms with Crippen molar-refractivity contribution in [3.05, 3.63) is 66.1 Å². The minimum absolute atomic E-state index is 0.0981. The van der Waals surface area contributed by atoms with Gasteiger partial charge in [-0.25, -0.2) is 19.7 Å². The third-order valence-electron chi connectivity index (χ3n) is 6.15. The number of hydrogen-bond donors (Lipinski definition) is 1. The van der Waals surface area contributed by atoms with Gasteiger partial charge in [-0.05, 0) is 55.8 Å². The summed E-state index contributed by atoms with van der Waals surface area (Å²) in [5.41, 5.74) is 5.35. The molecule has 0 aliphatic carbocycles. The third-order valence-corrected chi connectivity index (χ3v) is 7.31. The Bertz CT molecular complexity index is 1660. The number of aromatic nitrogens is 4.